The number of hydrogen-bond acceptors (Lipinski definition) is 4. The average molecular weight is 283 g/mol. The number of nitrogen functional groups attached to an aromatic ring is 1. The van der Waals surface area contributed by atoms with Gasteiger partial charge in [-0.05, 0) is 24.3 Å². The van der Waals surface area contributed by atoms with Crippen molar-refractivity contribution in [3.05, 3.63) is 53.6 Å². The minimum Gasteiger partial charge on any atom is -0.491 e. The van der Waals surface area contributed by atoms with Gasteiger partial charge in [0.25, 0.3) is 5.91 Å². The van der Waals surface area contributed by atoms with E-state index in [1.807, 2.05) is 24.3 Å². The molecule has 0 fully saturated rings. The fourth-order valence-electron chi connectivity index (χ4n) is 2.55. The highest BCUT2D eigenvalue weighted by atomic mass is 16.5. The number of hydrogen-bond donors (Lipinski definition) is 2. The van der Waals surface area contributed by atoms with Gasteiger partial charge >= 0.3 is 0 Å². The predicted octanol–water partition coefficient (Wildman–Crippen LogP) is 1.77. The van der Waals surface area contributed by atoms with Crippen LogP contribution in [-0.2, 0) is 6.54 Å². The third-order valence-electron chi connectivity index (χ3n) is 3.58. The molecule has 3 rings (SSSR count). The predicted molar refractivity (Wildman–Crippen MR) is 82.4 cm³/mol. The Hall–Kier alpha value is -2.69. The van der Waals surface area contributed by atoms with Crippen LogP contribution < -0.4 is 21.1 Å². The van der Waals surface area contributed by atoms with Gasteiger partial charge in [-0.25, -0.2) is 0 Å². The van der Waals surface area contributed by atoms with Gasteiger partial charge in [-0.3, -0.25) is 4.79 Å². The fraction of sp³-hybridized carbons (Fsp3) is 0.188. The van der Waals surface area contributed by atoms with Gasteiger partial charge < -0.3 is 21.1 Å². The molecule has 0 saturated heterocycles. The zero-order chi connectivity index (χ0) is 14.8. The molecule has 1 heterocycles. The van der Waals surface area contributed by atoms with Crippen LogP contribution in [0.4, 0.5) is 11.4 Å². The van der Waals surface area contributed by atoms with E-state index < -0.39 is 5.91 Å². The summed E-state index contributed by atoms with van der Waals surface area (Å²) in [6.45, 7) is 1.86. The van der Waals surface area contributed by atoms with E-state index in [1.165, 1.54) is 0 Å². The summed E-state index contributed by atoms with van der Waals surface area (Å²) in [6.07, 6.45) is 0. The molecule has 0 bridgehead atoms. The number of fused-ring (bicyclic) bond motifs is 1. The van der Waals surface area contributed by atoms with Gasteiger partial charge in [0.05, 0.1) is 17.8 Å². The number of para-hydroxylation sites is 1. The number of anilines is 2. The summed E-state index contributed by atoms with van der Waals surface area (Å²) < 4.78 is 5.74. The van der Waals surface area contributed by atoms with Gasteiger partial charge in [-0.15, -0.1) is 0 Å². The van der Waals surface area contributed by atoms with E-state index in [0.717, 1.165) is 17.0 Å². The van der Waals surface area contributed by atoms with Crippen LogP contribution in [-0.4, -0.2) is 19.1 Å². The minimum atomic E-state index is -0.455. The Kier molecular flexibility index (Phi) is 3.39. The molecular formula is C16H17N3O2. The van der Waals surface area contributed by atoms with Crippen LogP contribution in [0, 0.1) is 0 Å². The molecule has 4 N–H and O–H groups in total. The highest BCUT2D eigenvalue weighted by molar-refractivity contribution is 5.99. The molecule has 1 aliphatic rings. The molecule has 2 aromatic carbocycles. The molecule has 0 saturated carbocycles. The van der Waals surface area contributed by atoms with Gasteiger partial charge in [0, 0.05) is 17.8 Å². The van der Waals surface area contributed by atoms with E-state index in [0.29, 0.717) is 30.9 Å². The van der Waals surface area contributed by atoms with Crippen LogP contribution in [0.2, 0.25) is 0 Å². The Morgan fingerprint density at radius 2 is 2.00 bits per heavy atom. The lowest BCUT2D eigenvalue weighted by Gasteiger charge is -2.24. The number of primary amides is 1. The lowest BCUT2D eigenvalue weighted by atomic mass is 10.1. The molecule has 0 spiro atoms. The smallest absolute Gasteiger partial charge is 0.250 e. The van der Waals surface area contributed by atoms with Gasteiger partial charge in [-0.2, -0.15) is 0 Å². The Balaban J connectivity index is 2.01. The summed E-state index contributed by atoms with van der Waals surface area (Å²) in [7, 11) is 0. The standard InChI is InChI=1S/C16H17N3O2/c17-12-5-6-13(16(18)20)14(9-12)19-7-8-21-15-4-2-1-3-11(15)10-19/h1-6,9H,7-8,10,17H2,(H2,18,20). The fourth-order valence-corrected chi connectivity index (χ4v) is 2.55. The van der Waals surface area contributed by atoms with E-state index in [9.17, 15) is 4.79 Å². The van der Waals surface area contributed by atoms with Crippen molar-refractivity contribution in [3.63, 3.8) is 0 Å². The summed E-state index contributed by atoms with van der Waals surface area (Å²) in [5.41, 5.74) is 14.2. The quantitative estimate of drug-likeness (QED) is 0.823. The maximum Gasteiger partial charge on any atom is 0.250 e. The highest BCUT2D eigenvalue weighted by Gasteiger charge is 2.19. The summed E-state index contributed by atoms with van der Waals surface area (Å²) >= 11 is 0. The van der Waals surface area contributed by atoms with Crippen LogP contribution in [0.1, 0.15) is 15.9 Å². The van der Waals surface area contributed by atoms with Crippen molar-refractivity contribution in [2.24, 2.45) is 5.73 Å². The third kappa shape index (κ3) is 2.63. The molecule has 0 atom stereocenters. The summed E-state index contributed by atoms with van der Waals surface area (Å²) in [4.78, 5) is 13.7. The number of benzene rings is 2. The molecule has 1 amide bonds. The second kappa shape index (κ2) is 5.36. The van der Waals surface area contributed by atoms with Crippen molar-refractivity contribution < 1.29 is 9.53 Å². The number of amides is 1. The zero-order valence-electron chi connectivity index (χ0n) is 11.6. The summed E-state index contributed by atoms with van der Waals surface area (Å²) in [6, 6.07) is 13.0. The molecule has 1 aliphatic heterocycles. The van der Waals surface area contributed by atoms with E-state index in [4.69, 9.17) is 16.2 Å². The summed E-state index contributed by atoms with van der Waals surface area (Å²) in [5, 5.41) is 0. The second-order valence-corrected chi connectivity index (χ2v) is 5.02. The van der Waals surface area contributed by atoms with Crippen molar-refractivity contribution >= 4 is 17.3 Å². The molecule has 2 aromatic rings. The highest BCUT2D eigenvalue weighted by Crippen LogP contribution is 2.29. The number of ether oxygens (including phenoxy) is 1. The first-order valence-electron chi connectivity index (χ1n) is 6.80. The van der Waals surface area contributed by atoms with Crippen LogP contribution in [0.25, 0.3) is 0 Å². The van der Waals surface area contributed by atoms with E-state index in [1.54, 1.807) is 18.2 Å². The average Bonchev–Trinajstić information content (AvgIpc) is 2.68. The van der Waals surface area contributed by atoms with Crippen molar-refractivity contribution in [1.29, 1.82) is 0 Å². The Labute approximate surface area is 123 Å². The van der Waals surface area contributed by atoms with Crippen molar-refractivity contribution in [3.8, 4) is 5.75 Å². The van der Waals surface area contributed by atoms with Gasteiger partial charge in [-0.1, -0.05) is 18.2 Å². The summed E-state index contributed by atoms with van der Waals surface area (Å²) in [5.74, 6) is 0.424. The monoisotopic (exact) mass is 283 g/mol. The van der Waals surface area contributed by atoms with Crippen molar-refractivity contribution in [2.75, 3.05) is 23.8 Å². The van der Waals surface area contributed by atoms with Crippen LogP contribution in [0.15, 0.2) is 42.5 Å². The zero-order valence-corrected chi connectivity index (χ0v) is 11.6. The normalized spacial score (nSPS) is 14.0. The van der Waals surface area contributed by atoms with E-state index in [2.05, 4.69) is 4.90 Å². The molecule has 0 radical (unpaired) electrons. The molecule has 21 heavy (non-hydrogen) atoms. The van der Waals surface area contributed by atoms with Gasteiger partial charge in [0.1, 0.15) is 12.4 Å². The molecule has 108 valence electrons. The van der Waals surface area contributed by atoms with E-state index >= 15 is 0 Å². The number of carbonyl (C=O) groups is 1. The molecule has 0 aliphatic carbocycles. The SMILES string of the molecule is NC(=O)c1ccc(N)cc1N1CCOc2ccccc2C1. The van der Waals surface area contributed by atoms with Crippen LogP contribution in [0.5, 0.6) is 5.75 Å². The van der Waals surface area contributed by atoms with Crippen LogP contribution in [0.3, 0.4) is 0 Å². The minimum absolute atomic E-state index is 0.455. The molecule has 0 aromatic heterocycles. The second-order valence-electron chi connectivity index (χ2n) is 5.02. The first-order valence-corrected chi connectivity index (χ1v) is 6.80. The Morgan fingerprint density at radius 3 is 2.81 bits per heavy atom. The van der Waals surface area contributed by atoms with Crippen molar-refractivity contribution in [2.45, 2.75) is 6.54 Å². The van der Waals surface area contributed by atoms with Crippen molar-refractivity contribution in [1.82, 2.24) is 0 Å². The first-order chi connectivity index (χ1) is 10.1. The Bertz CT molecular complexity index is 685. The first kappa shape index (κ1) is 13.3. The number of rotatable bonds is 2. The molecule has 5 nitrogen and oxygen atoms in total. The largest absolute Gasteiger partial charge is 0.491 e. The van der Waals surface area contributed by atoms with Gasteiger partial charge in [0.2, 0.25) is 0 Å². The van der Waals surface area contributed by atoms with E-state index in [-0.39, 0.29) is 0 Å². The molecule has 0 unspecified atom stereocenters. The number of nitrogens with zero attached hydrogens (tertiary/aromatic N) is 1. The third-order valence-corrected chi connectivity index (χ3v) is 3.58. The maximum atomic E-state index is 11.6. The topological polar surface area (TPSA) is 81.6 Å². The lowest BCUT2D eigenvalue weighted by Crippen LogP contribution is -2.28. The number of carbonyl (C=O) groups excluding carboxylic acids is 1. The lowest BCUT2D eigenvalue weighted by molar-refractivity contribution is 0.100. The van der Waals surface area contributed by atoms with Crippen LogP contribution >= 0.6 is 0 Å². The van der Waals surface area contributed by atoms with Gasteiger partial charge in [0.15, 0.2) is 0 Å². The Morgan fingerprint density at radius 1 is 1.19 bits per heavy atom. The number of nitrogens with two attached hydrogens (primary N) is 2. The molecule has 5 heteroatoms. The molecular weight excluding hydrogens is 266 g/mol. The maximum absolute atomic E-state index is 11.6.